The first-order chi connectivity index (χ1) is 7.22. The van der Waals surface area contributed by atoms with Crippen LogP contribution in [0.2, 0.25) is 0 Å². The predicted octanol–water partition coefficient (Wildman–Crippen LogP) is 3.03. The Morgan fingerprint density at radius 2 is 2.20 bits per heavy atom. The maximum absolute atomic E-state index is 11.3. The van der Waals surface area contributed by atoms with E-state index in [1.807, 2.05) is 31.7 Å². The molecule has 3 heteroatoms. The molecule has 1 fully saturated rings. The van der Waals surface area contributed by atoms with Gasteiger partial charge in [0.05, 0.1) is 6.10 Å². The largest absolute Gasteiger partial charge is 0.460 e. The summed E-state index contributed by atoms with van der Waals surface area (Å²) in [5.41, 5.74) is 0. The van der Waals surface area contributed by atoms with Crippen molar-refractivity contribution >= 4 is 17.7 Å². The number of thioether (sulfide) groups is 1. The molecule has 0 radical (unpaired) electrons. The highest BCUT2D eigenvalue weighted by Gasteiger charge is 2.11. The molecule has 1 unspecified atom stereocenters. The highest BCUT2D eigenvalue weighted by atomic mass is 32.2. The van der Waals surface area contributed by atoms with Crippen LogP contribution in [0.4, 0.5) is 0 Å². The summed E-state index contributed by atoms with van der Waals surface area (Å²) < 4.78 is 5.16. The van der Waals surface area contributed by atoms with Gasteiger partial charge in [-0.3, -0.25) is 0 Å². The third kappa shape index (κ3) is 5.26. The Labute approximate surface area is 96.5 Å². The van der Waals surface area contributed by atoms with E-state index in [4.69, 9.17) is 4.74 Å². The van der Waals surface area contributed by atoms with Crippen LogP contribution >= 0.6 is 11.8 Å². The van der Waals surface area contributed by atoms with E-state index in [0.29, 0.717) is 5.92 Å². The Morgan fingerprint density at radius 3 is 2.80 bits per heavy atom. The van der Waals surface area contributed by atoms with Crippen LogP contribution in [0.5, 0.6) is 0 Å². The van der Waals surface area contributed by atoms with Gasteiger partial charge in [-0.05, 0) is 43.6 Å². The topological polar surface area (TPSA) is 26.3 Å². The fraction of sp³-hybridized carbons (Fsp3) is 0.750. The van der Waals surface area contributed by atoms with Crippen LogP contribution in [0.25, 0.3) is 0 Å². The molecule has 0 saturated carbocycles. The Kier molecular flexibility index (Phi) is 5.84. The van der Waals surface area contributed by atoms with E-state index in [1.54, 1.807) is 6.08 Å². The molecule has 1 atom stereocenters. The van der Waals surface area contributed by atoms with E-state index in [-0.39, 0.29) is 12.1 Å². The fourth-order valence-corrected chi connectivity index (χ4v) is 2.59. The zero-order chi connectivity index (χ0) is 11.1. The molecule has 0 aromatic rings. The van der Waals surface area contributed by atoms with Crippen LogP contribution in [0.1, 0.15) is 33.1 Å². The minimum atomic E-state index is -0.192. The zero-order valence-corrected chi connectivity index (χ0v) is 10.4. The fourth-order valence-electron chi connectivity index (χ4n) is 1.44. The lowest BCUT2D eigenvalue weighted by molar-refractivity contribution is -0.142. The molecule has 0 spiro atoms. The van der Waals surface area contributed by atoms with Gasteiger partial charge in [-0.15, -0.1) is 0 Å². The second kappa shape index (κ2) is 6.94. The number of carbonyl (C=O) groups excluding carboxylic acids is 1. The van der Waals surface area contributed by atoms with Gasteiger partial charge in [0.15, 0.2) is 0 Å². The van der Waals surface area contributed by atoms with Crippen molar-refractivity contribution in [2.24, 2.45) is 5.92 Å². The van der Waals surface area contributed by atoms with Crippen molar-refractivity contribution < 1.29 is 9.53 Å². The van der Waals surface area contributed by atoms with Crippen molar-refractivity contribution in [3.05, 3.63) is 12.2 Å². The van der Waals surface area contributed by atoms with Gasteiger partial charge < -0.3 is 4.74 Å². The Hall–Kier alpha value is -0.440. The van der Waals surface area contributed by atoms with E-state index in [1.165, 1.54) is 24.3 Å². The van der Waals surface area contributed by atoms with Crippen LogP contribution < -0.4 is 0 Å². The molecule has 1 rings (SSSR count). The number of esters is 1. The first kappa shape index (κ1) is 12.6. The third-order valence-corrected chi connectivity index (χ3v) is 3.71. The quantitative estimate of drug-likeness (QED) is 0.546. The smallest absolute Gasteiger partial charge is 0.330 e. The molecule has 0 N–H and O–H groups in total. The van der Waals surface area contributed by atoms with Crippen molar-refractivity contribution in [1.29, 1.82) is 0 Å². The van der Waals surface area contributed by atoms with Gasteiger partial charge in [0, 0.05) is 6.08 Å². The molecule has 1 heterocycles. The Morgan fingerprint density at radius 1 is 1.53 bits per heavy atom. The summed E-state index contributed by atoms with van der Waals surface area (Å²) in [6.07, 6.45) is 6.91. The molecule has 15 heavy (non-hydrogen) atoms. The summed E-state index contributed by atoms with van der Waals surface area (Å²) in [6, 6.07) is 0. The summed E-state index contributed by atoms with van der Waals surface area (Å²) in [7, 11) is 0. The molecule has 2 nitrogen and oxygen atoms in total. The Bertz CT molecular complexity index is 220. The normalized spacial score (nSPS) is 20.4. The molecule has 0 bridgehead atoms. The first-order valence-electron chi connectivity index (χ1n) is 5.69. The summed E-state index contributed by atoms with van der Waals surface area (Å²) in [5.74, 6) is 2.82. The summed E-state index contributed by atoms with van der Waals surface area (Å²) in [6.45, 7) is 3.93. The van der Waals surface area contributed by atoms with E-state index >= 15 is 0 Å². The SMILES string of the molecule is CCC(C)OC(=O)C=CC1CCSCC1. The van der Waals surface area contributed by atoms with Gasteiger partial charge in [-0.2, -0.15) is 11.8 Å². The number of rotatable bonds is 4. The van der Waals surface area contributed by atoms with Crippen LogP contribution in [0.3, 0.4) is 0 Å². The second-order valence-electron chi connectivity index (χ2n) is 3.96. The average Bonchev–Trinajstić information content (AvgIpc) is 2.27. The standard InChI is InChI=1S/C12H20O2S/c1-3-10(2)14-12(13)5-4-11-6-8-15-9-7-11/h4-5,10-11H,3,6-9H2,1-2H3. The lowest BCUT2D eigenvalue weighted by Gasteiger charge is -2.17. The van der Waals surface area contributed by atoms with Crippen LogP contribution in [-0.2, 0) is 9.53 Å². The zero-order valence-electron chi connectivity index (χ0n) is 9.57. The molecule has 1 aliphatic heterocycles. The van der Waals surface area contributed by atoms with Crippen LogP contribution in [0, 0.1) is 5.92 Å². The monoisotopic (exact) mass is 228 g/mol. The van der Waals surface area contributed by atoms with Gasteiger partial charge in [0.1, 0.15) is 0 Å². The number of carbonyl (C=O) groups is 1. The van der Waals surface area contributed by atoms with Crippen LogP contribution in [-0.4, -0.2) is 23.6 Å². The number of allylic oxidation sites excluding steroid dienone is 1. The van der Waals surface area contributed by atoms with Gasteiger partial charge in [-0.25, -0.2) is 4.79 Å². The van der Waals surface area contributed by atoms with Gasteiger partial charge in [0.25, 0.3) is 0 Å². The minimum absolute atomic E-state index is 0.0315. The van der Waals surface area contributed by atoms with Crippen molar-refractivity contribution in [2.45, 2.75) is 39.2 Å². The highest BCUT2D eigenvalue weighted by Crippen LogP contribution is 2.23. The van der Waals surface area contributed by atoms with E-state index in [9.17, 15) is 4.79 Å². The third-order valence-electron chi connectivity index (χ3n) is 2.66. The molecule has 0 amide bonds. The maximum atomic E-state index is 11.3. The molecular formula is C12H20O2S. The second-order valence-corrected chi connectivity index (χ2v) is 5.19. The van der Waals surface area contributed by atoms with Gasteiger partial charge in [0.2, 0.25) is 0 Å². The van der Waals surface area contributed by atoms with Crippen molar-refractivity contribution in [3.63, 3.8) is 0 Å². The maximum Gasteiger partial charge on any atom is 0.330 e. The van der Waals surface area contributed by atoms with Gasteiger partial charge in [-0.1, -0.05) is 13.0 Å². The lowest BCUT2D eigenvalue weighted by Crippen LogP contribution is -2.12. The molecule has 1 saturated heterocycles. The van der Waals surface area contributed by atoms with E-state index in [0.717, 1.165) is 6.42 Å². The minimum Gasteiger partial charge on any atom is -0.460 e. The predicted molar refractivity (Wildman–Crippen MR) is 65.0 cm³/mol. The number of ether oxygens (including phenoxy) is 1. The van der Waals surface area contributed by atoms with E-state index in [2.05, 4.69) is 0 Å². The van der Waals surface area contributed by atoms with Crippen molar-refractivity contribution in [1.82, 2.24) is 0 Å². The van der Waals surface area contributed by atoms with Gasteiger partial charge >= 0.3 is 5.97 Å². The lowest BCUT2D eigenvalue weighted by atomic mass is 10.0. The molecule has 0 aromatic heterocycles. The number of hydrogen-bond acceptors (Lipinski definition) is 3. The first-order valence-corrected chi connectivity index (χ1v) is 6.84. The molecule has 1 aliphatic rings. The average molecular weight is 228 g/mol. The van der Waals surface area contributed by atoms with Crippen molar-refractivity contribution in [2.75, 3.05) is 11.5 Å². The highest BCUT2D eigenvalue weighted by molar-refractivity contribution is 7.99. The molecular weight excluding hydrogens is 208 g/mol. The van der Waals surface area contributed by atoms with E-state index < -0.39 is 0 Å². The van der Waals surface area contributed by atoms with Crippen molar-refractivity contribution in [3.8, 4) is 0 Å². The molecule has 86 valence electrons. The molecule has 0 aliphatic carbocycles. The summed E-state index contributed by atoms with van der Waals surface area (Å²) >= 11 is 2.00. The van der Waals surface area contributed by atoms with Crippen LogP contribution in [0.15, 0.2) is 12.2 Å². The summed E-state index contributed by atoms with van der Waals surface area (Å²) in [5, 5.41) is 0. The molecule has 0 aromatic carbocycles. The Balaban J connectivity index is 2.26. The number of hydrogen-bond donors (Lipinski definition) is 0. The summed E-state index contributed by atoms with van der Waals surface area (Å²) in [4.78, 5) is 11.3.